The fourth-order valence-electron chi connectivity index (χ4n) is 2.35. The third kappa shape index (κ3) is 3.12. The predicted octanol–water partition coefficient (Wildman–Crippen LogP) is 3.85. The number of nitrogens with zero attached hydrogens (tertiary/aromatic N) is 2. The van der Waals surface area contributed by atoms with Crippen molar-refractivity contribution in [2.24, 2.45) is 0 Å². The Morgan fingerprint density at radius 1 is 1.33 bits per heavy atom. The molecule has 2 aromatic carbocycles. The van der Waals surface area contributed by atoms with Gasteiger partial charge in [-0.1, -0.05) is 30.3 Å². The predicted molar refractivity (Wildman–Crippen MR) is 94.8 cm³/mol. The van der Waals surface area contributed by atoms with Crippen LogP contribution in [0.1, 0.15) is 5.56 Å². The highest BCUT2D eigenvalue weighted by Crippen LogP contribution is 2.30. The van der Waals surface area contributed by atoms with Crippen molar-refractivity contribution < 1.29 is 9.53 Å². The second kappa shape index (κ2) is 6.94. The number of fused-ring (bicyclic) bond motifs is 1. The lowest BCUT2D eigenvalue weighted by Gasteiger charge is -2.09. The molecule has 0 aliphatic carbocycles. The average Bonchev–Trinajstić information content (AvgIpc) is 3.12. The monoisotopic (exact) mass is 335 g/mol. The Balaban J connectivity index is 2.06. The van der Waals surface area contributed by atoms with Gasteiger partial charge in [-0.05, 0) is 22.9 Å². The van der Waals surface area contributed by atoms with E-state index in [4.69, 9.17) is 4.74 Å². The molecule has 0 saturated heterocycles. The van der Waals surface area contributed by atoms with E-state index < -0.39 is 5.91 Å². The number of benzene rings is 2. The molecule has 0 aliphatic rings. The van der Waals surface area contributed by atoms with Gasteiger partial charge in [0, 0.05) is 17.1 Å². The maximum Gasteiger partial charge on any atom is 0.268 e. The molecule has 3 rings (SSSR count). The van der Waals surface area contributed by atoms with Crippen LogP contribution >= 0.6 is 11.3 Å². The lowest BCUT2D eigenvalue weighted by Crippen LogP contribution is -2.13. The van der Waals surface area contributed by atoms with E-state index in [1.807, 2.05) is 42.5 Å². The van der Waals surface area contributed by atoms with Crippen LogP contribution in [0.3, 0.4) is 0 Å². The average molecular weight is 335 g/mol. The van der Waals surface area contributed by atoms with E-state index >= 15 is 0 Å². The molecule has 0 aliphatic heterocycles. The number of aromatic nitrogens is 1. The van der Waals surface area contributed by atoms with E-state index in [0.717, 1.165) is 10.8 Å². The summed E-state index contributed by atoms with van der Waals surface area (Å²) in [6, 6.07) is 13.4. The van der Waals surface area contributed by atoms with Gasteiger partial charge in [0.2, 0.25) is 0 Å². The van der Waals surface area contributed by atoms with E-state index in [-0.39, 0.29) is 5.57 Å². The van der Waals surface area contributed by atoms with Crippen molar-refractivity contribution in [2.45, 2.75) is 0 Å². The topological polar surface area (TPSA) is 75.0 Å². The van der Waals surface area contributed by atoms with E-state index in [1.165, 1.54) is 11.3 Å². The molecule has 118 valence electrons. The van der Waals surface area contributed by atoms with Crippen molar-refractivity contribution in [1.29, 1.82) is 5.26 Å². The second-order valence-corrected chi connectivity index (χ2v) is 5.76. The Kier molecular flexibility index (Phi) is 4.54. The normalized spacial score (nSPS) is 11.1. The minimum atomic E-state index is -0.498. The van der Waals surface area contributed by atoms with Gasteiger partial charge >= 0.3 is 0 Å². The van der Waals surface area contributed by atoms with Crippen LogP contribution < -0.4 is 10.1 Å². The molecule has 0 saturated carbocycles. The Morgan fingerprint density at radius 3 is 2.88 bits per heavy atom. The highest BCUT2D eigenvalue weighted by Gasteiger charge is 2.14. The molecule has 1 amide bonds. The number of thiazole rings is 1. The van der Waals surface area contributed by atoms with Crippen molar-refractivity contribution in [3.63, 3.8) is 0 Å². The maximum absolute atomic E-state index is 12.3. The quantitative estimate of drug-likeness (QED) is 0.580. The van der Waals surface area contributed by atoms with Crippen LogP contribution in [0, 0.1) is 11.3 Å². The number of carbonyl (C=O) groups is 1. The molecular weight excluding hydrogens is 322 g/mol. The molecule has 0 fully saturated rings. The Hall–Kier alpha value is -3.17. The molecule has 6 heteroatoms. The Bertz CT molecular complexity index is 956. The zero-order chi connectivity index (χ0) is 16.9. The number of carbonyl (C=O) groups excluding carboxylic acids is 1. The van der Waals surface area contributed by atoms with Gasteiger partial charge in [-0.2, -0.15) is 5.26 Å². The highest BCUT2D eigenvalue weighted by atomic mass is 32.1. The van der Waals surface area contributed by atoms with Gasteiger partial charge < -0.3 is 4.74 Å². The number of rotatable bonds is 4. The molecule has 3 aromatic rings. The van der Waals surface area contributed by atoms with Crippen LogP contribution in [0.15, 0.2) is 53.5 Å². The highest BCUT2D eigenvalue weighted by molar-refractivity contribution is 7.13. The van der Waals surface area contributed by atoms with Crippen molar-refractivity contribution in [1.82, 2.24) is 4.98 Å². The maximum atomic E-state index is 12.3. The summed E-state index contributed by atoms with van der Waals surface area (Å²) in [6.45, 7) is 0. The van der Waals surface area contributed by atoms with Crippen LogP contribution in [-0.2, 0) is 4.79 Å². The number of nitriles is 1. The minimum Gasteiger partial charge on any atom is -0.496 e. The van der Waals surface area contributed by atoms with Crippen LogP contribution in [-0.4, -0.2) is 18.0 Å². The third-order valence-corrected chi connectivity index (χ3v) is 4.15. The van der Waals surface area contributed by atoms with E-state index in [9.17, 15) is 10.1 Å². The van der Waals surface area contributed by atoms with Gasteiger partial charge in [-0.25, -0.2) is 4.98 Å². The summed E-state index contributed by atoms with van der Waals surface area (Å²) in [5, 5.41) is 16.1. The third-order valence-electron chi connectivity index (χ3n) is 3.46. The zero-order valence-corrected chi connectivity index (χ0v) is 13.6. The van der Waals surface area contributed by atoms with Crippen LogP contribution in [0.2, 0.25) is 0 Å². The van der Waals surface area contributed by atoms with E-state index in [0.29, 0.717) is 16.4 Å². The summed E-state index contributed by atoms with van der Waals surface area (Å²) in [5.74, 6) is 0.103. The van der Waals surface area contributed by atoms with Gasteiger partial charge in [-0.3, -0.25) is 10.1 Å². The first kappa shape index (κ1) is 15.7. The van der Waals surface area contributed by atoms with Gasteiger partial charge in [0.05, 0.1) is 7.11 Å². The molecule has 0 radical (unpaired) electrons. The minimum absolute atomic E-state index is 0.0140. The number of methoxy groups -OCH3 is 1. The number of amides is 1. The lowest BCUT2D eigenvalue weighted by molar-refractivity contribution is -0.112. The molecule has 1 heterocycles. The van der Waals surface area contributed by atoms with Gasteiger partial charge in [0.25, 0.3) is 5.91 Å². The summed E-state index contributed by atoms with van der Waals surface area (Å²) >= 11 is 1.29. The molecular formula is C18H13N3O2S. The van der Waals surface area contributed by atoms with E-state index in [2.05, 4.69) is 10.3 Å². The fourth-order valence-corrected chi connectivity index (χ4v) is 2.87. The largest absolute Gasteiger partial charge is 0.496 e. The van der Waals surface area contributed by atoms with Crippen LogP contribution in [0.4, 0.5) is 5.13 Å². The number of ether oxygens (including phenoxy) is 1. The number of nitrogens with one attached hydrogen (secondary N) is 1. The number of hydrogen-bond donors (Lipinski definition) is 1. The first-order valence-corrected chi connectivity index (χ1v) is 7.99. The second-order valence-electron chi connectivity index (χ2n) is 4.86. The first-order chi connectivity index (χ1) is 11.7. The molecule has 0 bridgehead atoms. The molecule has 0 unspecified atom stereocenters. The van der Waals surface area contributed by atoms with Gasteiger partial charge in [-0.15, -0.1) is 11.3 Å². The summed E-state index contributed by atoms with van der Waals surface area (Å²) < 4.78 is 5.39. The van der Waals surface area contributed by atoms with Gasteiger partial charge in [0.1, 0.15) is 17.4 Å². The van der Waals surface area contributed by atoms with Crippen LogP contribution in [0.5, 0.6) is 5.75 Å². The fraction of sp³-hybridized carbons (Fsp3) is 0.0556. The standard InChI is InChI=1S/C18H13N3O2S/c1-23-16-7-6-12-4-2-3-5-14(12)15(16)10-13(11-19)17(22)21-18-20-8-9-24-18/h2-10H,1H3,(H,20,21,22)/b13-10+. The Labute approximate surface area is 142 Å². The first-order valence-electron chi connectivity index (χ1n) is 7.11. The van der Waals surface area contributed by atoms with E-state index in [1.54, 1.807) is 24.8 Å². The molecule has 5 nitrogen and oxygen atoms in total. The summed E-state index contributed by atoms with van der Waals surface area (Å²) in [5.41, 5.74) is 0.682. The molecule has 0 atom stereocenters. The van der Waals surface area contributed by atoms with Gasteiger partial charge in [0.15, 0.2) is 5.13 Å². The summed E-state index contributed by atoms with van der Waals surface area (Å²) in [4.78, 5) is 16.3. The summed E-state index contributed by atoms with van der Waals surface area (Å²) in [6.07, 6.45) is 3.13. The molecule has 24 heavy (non-hydrogen) atoms. The molecule has 1 N–H and O–H groups in total. The Morgan fingerprint density at radius 2 is 2.17 bits per heavy atom. The SMILES string of the molecule is COc1ccc2ccccc2c1/C=C(\C#N)C(=O)Nc1nccs1. The van der Waals surface area contributed by atoms with Crippen molar-refractivity contribution >= 4 is 39.2 Å². The lowest BCUT2D eigenvalue weighted by atomic mass is 10.0. The molecule has 1 aromatic heterocycles. The number of hydrogen-bond acceptors (Lipinski definition) is 5. The molecule has 0 spiro atoms. The zero-order valence-electron chi connectivity index (χ0n) is 12.8. The van der Waals surface area contributed by atoms with Crippen LogP contribution in [0.25, 0.3) is 16.8 Å². The van der Waals surface area contributed by atoms with Crippen molar-refractivity contribution in [3.05, 3.63) is 59.1 Å². The number of anilines is 1. The summed E-state index contributed by atoms with van der Waals surface area (Å²) in [7, 11) is 1.56. The van der Waals surface area contributed by atoms with Crippen molar-refractivity contribution in [3.8, 4) is 11.8 Å². The van der Waals surface area contributed by atoms with Crippen molar-refractivity contribution in [2.75, 3.05) is 12.4 Å². The smallest absolute Gasteiger partial charge is 0.268 e.